The smallest absolute Gasteiger partial charge is 0.319 e. The molecule has 7 heteroatoms. The van der Waals surface area contributed by atoms with Gasteiger partial charge in [0, 0.05) is 39.1 Å². The predicted molar refractivity (Wildman–Crippen MR) is 98.9 cm³/mol. The molecule has 4 amide bonds. The van der Waals surface area contributed by atoms with Gasteiger partial charge in [-0.15, -0.1) is 0 Å². The Morgan fingerprint density at radius 1 is 1.04 bits per heavy atom. The SMILES string of the molecule is CN(C)C(=O)N1CCC(C(=O)Nc2ccccc2C(=O)NC2CC2)CC1. The van der Waals surface area contributed by atoms with Crippen LogP contribution in [0.15, 0.2) is 24.3 Å². The van der Waals surface area contributed by atoms with Crippen LogP contribution in [0.5, 0.6) is 0 Å². The van der Waals surface area contributed by atoms with Crippen LogP contribution in [0.25, 0.3) is 0 Å². The van der Waals surface area contributed by atoms with Crippen molar-refractivity contribution in [3.05, 3.63) is 29.8 Å². The number of nitrogens with zero attached hydrogens (tertiary/aromatic N) is 2. The summed E-state index contributed by atoms with van der Waals surface area (Å²) in [6.07, 6.45) is 3.29. The first-order valence-corrected chi connectivity index (χ1v) is 9.12. The maximum atomic E-state index is 12.6. The number of likely N-dealkylation sites (tertiary alicyclic amines) is 1. The molecule has 0 unspecified atom stereocenters. The molecule has 0 aromatic heterocycles. The number of anilines is 1. The van der Waals surface area contributed by atoms with Gasteiger partial charge in [0.2, 0.25) is 5.91 Å². The lowest BCUT2D eigenvalue weighted by molar-refractivity contribution is -0.121. The molecule has 140 valence electrons. The second kappa shape index (κ2) is 7.76. The maximum absolute atomic E-state index is 12.6. The Morgan fingerprint density at radius 3 is 2.31 bits per heavy atom. The predicted octanol–water partition coefficient (Wildman–Crippen LogP) is 1.91. The number of urea groups is 1. The van der Waals surface area contributed by atoms with Gasteiger partial charge in [0.25, 0.3) is 5.91 Å². The van der Waals surface area contributed by atoms with Gasteiger partial charge < -0.3 is 20.4 Å². The summed E-state index contributed by atoms with van der Waals surface area (Å²) in [7, 11) is 3.45. The fourth-order valence-electron chi connectivity index (χ4n) is 3.13. The molecule has 26 heavy (non-hydrogen) atoms. The van der Waals surface area contributed by atoms with Crippen LogP contribution in [0.1, 0.15) is 36.0 Å². The lowest BCUT2D eigenvalue weighted by atomic mass is 9.95. The van der Waals surface area contributed by atoms with Crippen molar-refractivity contribution in [2.75, 3.05) is 32.5 Å². The molecule has 2 N–H and O–H groups in total. The second-order valence-electron chi connectivity index (χ2n) is 7.22. The lowest BCUT2D eigenvalue weighted by Gasteiger charge is -2.33. The van der Waals surface area contributed by atoms with E-state index in [4.69, 9.17) is 0 Å². The summed E-state index contributed by atoms with van der Waals surface area (Å²) in [5.74, 6) is -0.385. The number of para-hydroxylation sites is 1. The monoisotopic (exact) mass is 358 g/mol. The van der Waals surface area contributed by atoms with Crippen molar-refractivity contribution in [3.63, 3.8) is 0 Å². The number of carbonyl (C=O) groups is 3. The van der Waals surface area contributed by atoms with Gasteiger partial charge >= 0.3 is 6.03 Å². The van der Waals surface area contributed by atoms with E-state index in [2.05, 4.69) is 10.6 Å². The van der Waals surface area contributed by atoms with Gasteiger partial charge in [0.1, 0.15) is 0 Å². The van der Waals surface area contributed by atoms with E-state index in [-0.39, 0.29) is 29.8 Å². The van der Waals surface area contributed by atoms with Crippen molar-refractivity contribution in [1.29, 1.82) is 0 Å². The van der Waals surface area contributed by atoms with Crippen LogP contribution in [0, 0.1) is 5.92 Å². The number of carbonyl (C=O) groups excluding carboxylic acids is 3. The van der Waals surface area contributed by atoms with Gasteiger partial charge in [-0.2, -0.15) is 0 Å². The van der Waals surface area contributed by atoms with Gasteiger partial charge in [0.15, 0.2) is 0 Å². The number of nitrogens with one attached hydrogen (secondary N) is 2. The first-order valence-electron chi connectivity index (χ1n) is 9.12. The zero-order valence-electron chi connectivity index (χ0n) is 15.3. The van der Waals surface area contributed by atoms with Crippen molar-refractivity contribution in [2.45, 2.75) is 31.7 Å². The molecular formula is C19H26N4O3. The number of piperidine rings is 1. The highest BCUT2D eigenvalue weighted by Gasteiger charge is 2.29. The number of hydrogen-bond acceptors (Lipinski definition) is 3. The molecule has 0 bridgehead atoms. The van der Waals surface area contributed by atoms with E-state index in [1.165, 1.54) is 0 Å². The first-order chi connectivity index (χ1) is 12.5. The third kappa shape index (κ3) is 4.33. The Morgan fingerprint density at radius 2 is 1.69 bits per heavy atom. The van der Waals surface area contributed by atoms with Crippen LogP contribution in [-0.2, 0) is 4.79 Å². The van der Waals surface area contributed by atoms with Crippen molar-refractivity contribution >= 4 is 23.5 Å². The van der Waals surface area contributed by atoms with Gasteiger partial charge in [-0.1, -0.05) is 12.1 Å². The zero-order chi connectivity index (χ0) is 18.7. The highest BCUT2D eigenvalue weighted by atomic mass is 16.2. The van der Waals surface area contributed by atoms with Crippen molar-refractivity contribution in [1.82, 2.24) is 15.1 Å². The Kier molecular flexibility index (Phi) is 5.44. The molecular weight excluding hydrogens is 332 g/mol. The molecule has 1 heterocycles. The van der Waals surface area contributed by atoms with Crippen molar-refractivity contribution in [2.24, 2.45) is 5.92 Å². The van der Waals surface area contributed by atoms with E-state index in [0.29, 0.717) is 37.2 Å². The van der Waals surface area contributed by atoms with E-state index < -0.39 is 0 Å². The van der Waals surface area contributed by atoms with Gasteiger partial charge in [0.05, 0.1) is 11.3 Å². The first kappa shape index (κ1) is 18.2. The minimum atomic E-state index is -0.152. The lowest BCUT2D eigenvalue weighted by Crippen LogP contribution is -2.45. The normalized spacial score (nSPS) is 17.5. The number of benzene rings is 1. The average molecular weight is 358 g/mol. The molecule has 2 fully saturated rings. The summed E-state index contributed by atoms with van der Waals surface area (Å²) < 4.78 is 0. The van der Waals surface area contributed by atoms with Crippen molar-refractivity contribution < 1.29 is 14.4 Å². The molecule has 7 nitrogen and oxygen atoms in total. The highest BCUT2D eigenvalue weighted by molar-refractivity contribution is 6.04. The van der Waals surface area contributed by atoms with Crippen LogP contribution < -0.4 is 10.6 Å². The van der Waals surface area contributed by atoms with Crippen LogP contribution >= 0.6 is 0 Å². The van der Waals surface area contributed by atoms with Gasteiger partial charge in [-0.3, -0.25) is 9.59 Å². The largest absolute Gasteiger partial charge is 0.349 e. The molecule has 1 aromatic rings. The molecule has 1 saturated carbocycles. The fourth-order valence-corrected chi connectivity index (χ4v) is 3.13. The van der Waals surface area contributed by atoms with Crippen LogP contribution in [-0.4, -0.2) is 60.9 Å². The standard InChI is InChI=1S/C19H26N4O3/c1-22(2)19(26)23-11-9-13(10-12-23)17(24)21-16-6-4-3-5-15(16)18(25)20-14-7-8-14/h3-6,13-14H,7-12H2,1-2H3,(H,20,25)(H,21,24). The summed E-state index contributed by atoms with van der Waals surface area (Å²) >= 11 is 0. The van der Waals surface area contributed by atoms with E-state index in [1.54, 1.807) is 42.1 Å². The third-order valence-electron chi connectivity index (χ3n) is 4.86. The summed E-state index contributed by atoms with van der Waals surface area (Å²) in [6, 6.07) is 7.33. The Balaban J connectivity index is 1.59. The van der Waals surface area contributed by atoms with E-state index in [9.17, 15) is 14.4 Å². The van der Waals surface area contributed by atoms with E-state index >= 15 is 0 Å². The highest BCUT2D eigenvalue weighted by Crippen LogP contribution is 2.24. The molecule has 1 saturated heterocycles. The molecule has 1 aliphatic heterocycles. The Labute approximate surface area is 153 Å². The Hall–Kier alpha value is -2.57. The summed E-state index contributed by atoms with van der Waals surface area (Å²) in [6.45, 7) is 1.14. The van der Waals surface area contributed by atoms with Crippen molar-refractivity contribution in [3.8, 4) is 0 Å². The van der Waals surface area contributed by atoms with Crippen LogP contribution in [0.4, 0.5) is 10.5 Å². The van der Waals surface area contributed by atoms with E-state index in [1.807, 2.05) is 6.07 Å². The fraction of sp³-hybridized carbons (Fsp3) is 0.526. The maximum Gasteiger partial charge on any atom is 0.319 e. The number of amides is 4. The third-order valence-corrected chi connectivity index (χ3v) is 4.86. The van der Waals surface area contributed by atoms with Gasteiger partial charge in [-0.25, -0.2) is 4.79 Å². The molecule has 3 rings (SSSR count). The summed E-state index contributed by atoms with van der Waals surface area (Å²) in [4.78, 5) is 40.3. The number of rotatable bonds is 4. The second-order valence-corrected chi connectivity index (χ2v) is 7.22. The summed E-state index contributed by atoms with van der Waals surface area (Å²) in [5, 5.41) is 5.86. The average Bonchev–Trinajstić information content (AvgIpc) is 3.45. The van der Waals surface area contributed by atoms with Crippen LogP contribution in [0.2, 0.25) is 0 Å². The minimum absolute atomic E-state index is 0.0223. The van der Waals surface area contributed by atoms with Crippen LogP contribution in [0.3, 0.4) is 0 Å². The molecule has 2 aliphatic rings. The molecule has 1 aromatic carbocycles. The summed E-state index contributed by atoms with van der Waals surface area (Å²) in [5.41, 5.74) is 1.04. The quantitative estimate of drug-likeness (QED) is 0.863. The molecule has 1 aliphatic carbocycles. The van der Waals surface area contributed by atoms with E-state index in [0.717, 1.165) is 12.8 Å². The molecule has 0 atom stereocenters. The zero-order valence-corrected chi connectivity index (χ0v) is 15.3. The molecule has 0 spiro atoms. The number of hydrogen-bond donors (Lipinski definition) is 2. The Bertz CT molecular complexity index is 692. The minimum Gasteiger partial charge on any atom is -0.349 e. The molecule has 0 radical (unpaired) electrons. The van der Waals surface area contributed by atoms with Gasteiger partial charge in [-0.05, 0) is 37.8 Å². The topological polar surface area (TPSA) is 81.8 Å².